The first-order valence-corrected chi connectivity index (χ1v) is 8.78. The van der Waals surface area contributed by atoms with Gasteiger partial charge in [0.25, 0.3) is 5.69 Å². The van der Waals surface area contributed by atoms with Crippen molar-refractivity contribution < 1.29 is 26.5 Å². The number of nitro groups is 1. The maximum atomic E-state index is 12.7. The molecule has 0 fully saturated rings. The summed E-state index contributed by atoms with van der Waals surface area (Å²) in [6.45, 7) is 0.520. The number of nitrogens with zero attached hydrogens (tertiary/aromatic N) is 4. The Morgan fingerprint density at radius 1 is 1.33 bits per heavy atom. The third-order valence-electron chi connectivity index (χ3n) is 3.58. The number of aryl methyl sites for hydroxylation is 1. The zero-order chi connectivity index (χ0) is 20.6. The van der Waals surface area contributed by atoms with Gasteiger partial charge in [-0.05, 0) is 12.5 Å². The minimum absolute atomic E-state index is 0.238. The molecule has 0 aliphatic carbocycles. The van der Waals surface area contributed by atoms with E-state index in [1.54, 1.807) is 0 Å². The SMILES string of the molecule is Cc1ccc([N+](=O)[O-])cc1S(=O)(=O)NCCn1nc(C(F)(F)F)n(C)c1=O. The number of hydrogen-bond donors (Lipinski definition) is 1. The standard InChI is InChI=1S/C13H14F3N5O5S/c1-8-3-4-9(21(23)24)7-10(8)27(25,26)17-5-6-20-12(22)19(2)11(18-20)13(14,15)16/h3-4,7,17H,5-6H2,1-2H3. The lowest BCUT2D eigenvalue weighted by Gasteiger charge is -2.09. The normalized spacial score (nSPS) is 12.3. The van der Waals surface area contributed by atoms with Crippen LogP contribution in [0.5, 0.6) is 0 Å². The average molecular weight is 409 g/mol. The van der Waals surface area contributed by atoms with Crippen molar-refractivity contribution in [2.24, 2.45) is 7.05 Å². The Hall–Kier alpha value is -2.74. The molecule has 0 spiro atoms. The summed E-state index contributed by atoms with van der Waals surface area (Å²) >= 11 is 0. The fourth-order valence-electron chi connectivity index (χ4n) is 2.24. The van der Waals surface area contributed by atoms with Crippen LogP contribution >= 0.6 is 0 Å². The van der Waals surface area contributed by atoms with E-state index in [9.17, 15) is 36.5 Å². The number of aromatic nitrogens is 3. The van der Waals surface area contributed by atoms with E-state index in [0.29, 0.717) is 9.25 Å². The van der Waals surface area contributed by atoms with Gasteiger partial charge in [0.1, 0.15) is 0 Å². The molecule has 1 aromatic heterocycles. The molecule has 2 aromatic rings. The number of rotatable bonds is 6. The summed E-state index contributed by atoms with van der Waals surface area (Å²) in [6, 6.07) is 3.26. The Kier molecular flexibility index (Phi) is 5.42. The van der Waals surface area contributed by atoms with Gasteiger partial charge in [0, 0.05) is 25.7 Å². The predicted octanol–water partition coefficient (Wildman–Crippen LogP) is 0.796. The topological polar surface area (TPSA) is 129 Å². The Morgan fingerprint density at radius 2 is 1.96 bits per heavy atom. The second-order valence-corrected chi connectivity index (χ2v) is 7.23. The highest BCUT2D eigenvalue weighted by molar-refractivity contribution is 7.89. The van der Waals surface area contributed by atoms with Crippen LogP contribution in [0.1, 0.15) is 11.4 Å². The molecule has 0 saturated heterocycles. The molecule has 14 heteroatoms. The van der Waals surface area contributed by atoms with Crippen LogP contribution in [-0.2, 0) is 29.8 Å². The fraction of sp³-hybridized carbons (Fsp3) is 0.385. The van der Waals surface area contributed by atoms with Gasteiger partial charge >= 0.3 is 11.9 Å². The van der Waals surface area contributed by atoms with Gasteiger partial charge in [-0.15, -0.1) is 5.10 Å². The van der Waals surface area contributed by atoms with Gasteiger partial charge in [0.2, 0.25) is 15.8 Å². The molecule has 0 bridgehead atoms. The summed E-state index contributed by atoms with van der Waals surface area (Å²) in [5.41, 5.74) is -1.26. The average Bonchev–Trinajstić information content (AvgIpc) is 2.83. The molecule has 0 unspecified atom stereocenters. The molecule has 0 aliphatic heterocycles. The van der Waals surface area contributed by atoms with E-state index in [0.717, 1.165) is 19.2 Å². The highest BCUT2D eigenvalue weighted by atomic mass is 32.2. The first-order valence-electron chi connectivity index (χ1n) is 7.30. The lowest BCUT2D eigenvalue weighted by Crippen LogP contribution is -2.32. The highest BCUT2D eigenvalue weighted by Gasteiger charge is 2.38. The van der Waals surface area contributed by atoms with Gasteiger partial charge in [-0.25, -0.2) is 22.6 Å². The van der Waals surface area contributed by atoms with Crippen LogP contribution in [0.3, 0.4) is 0 Å². The summed E-state index contributed by atoms with van der Waals surface area (Å²) in [6.07, 6.45) is -4.83. The molecule has 0 radical (unpaired) electrons. The molecule has 0 amide bonds. The first kappa shape index (κ1) is 20.6. The number of alkyl halides is 3. The number of benzene rings is 1. The molecular weight excluding hydrogens is 395 g/mol. The summed E-state index contributed by atoms with van der Waals surface area (Å²) in [7, 11) is -3.29. The zero-order valence-corrected chi connectivity index (χ0v) is 14.8. The van der Waals surface area contributed by atoms with Gasteiger partial charge in [0.15, 0.2) is 0 Å². The summed E-state index contributed by atoms with van der Waals surface area (Å²) in [5, 5.41) is 13.9. The third kappa shape index (κ3) is 4.33. The highest BCUT2D eigenvalue weighted by Crippen LogP contribution is 2.26. The number of non-ortho nitro benzene ring substituents is 1. The minimum Gasteiger partial charge on any atom is -0.274 e. The molecule has 1 heterocycles. The van der Waals surface area contributed by atoms with Gasteiger partial charge in [-0.2, -0.15) is 13.2 Å². The predicted molar refractivity (Wildman–Crippen MR) is 85.5 cm³/mol. The maximum Gasteiger partial charge on any atom is 0.451 e. The Morgan fingerprint density at radius 3 is 2.48 bits per heavy atom. The second-order valence-electron chi connectivity index (χ2n) is 5.49. The molecule has 0 saturated carbocycles. The minimum atomic E-state index is -4.83. The van der Waals surface area contributed by atoms with E-state index in [2.05, 4.69) is 9.82 Å². The van der Waals surface area contributed by atoms with E-state index in [1.807, 2.05) is 0 Å². The van der Waals surface area contributed by atoms with Crippen molar-refractivity contribution in [3.05, 3.63) is 50.2 Å². The molecule has 10 nitrogen and oxygen atoms in total. The summed E-state index contributed by atoms with van der Waals surface area (Å²) < 4.78 is 65.6. The maximum absolute atomic E-state index is 12.7. The second kappa shape index (κ2) is 7.11. The van der Waals surface area contributed by atoms with Crippen LogP contribution in [0.2, 0.25) is 0 Å². The van der Waals surface area contributed by atoms with Gasteiger partial charge in [-0.3, -0.25) is 14.7 Å². The number of hydrogen-bond acceptors (Lipinski definition) is 6. The van der Waals surface area contributed by atoms with Crippen molar-refractivity contribution in [2.45, 2.75) is 24.5 Å². The van der Waals surface area contributed by atoms with Crippen molar-refractivity contribution in [2.75, 3.05) is 6.54 Å². The molecule has 1 aromatic carbocycles. The van der Waals surface area contributed by atoms with Crippen molar-refractivity contribution >= 4 is 15.7 Å². The van der Waals surface area contributed by atoms with Crippen LogP contribution in [0, 0.1) is 17.0 Å². The van der Waals surface area contributed by atoms with Crippen LogP contribution in [-0.4, -0.2) is 34.2 Å². The van der Waals surface area contributed by atoms with Crippen molar-refractivity contribution in [3.63, 3.8) is 0 Å². The zero-order valence-electron chi connectivity index (χ0n) is 14.0. The smallest absolute Gasteiger partial charge is 0.274 e. The monoisotopic (exact) mass is 409 g/mol. The van der Waals surface area contributed by atoms with Crippen LogP contribution in [0.15, 0.2) is 27.9 Å². The van der Waals surface area contributed by atoms with Gasteiger partial charge in [-0.1, -0.05) is 6.07 Å². The van der Waals surface area contributed by atoms with Crippen molar-refractivity contribution in [3.8, 4) is 0 Å². The van der Waals surface area contributed by atoms with Crippen LogP contribution in [0.4, 0.5) is 18.9 Å². The van der Waals surface area contributed by atoms with E-state index in [1.165, 1.54) is 13.0 Å². The first-order chi connectivity index (χ1) is 12.3. The van der Waals surface area contributed by atoms with E-state index in [4.69, 9.17) is 0 Å². The van der Waals surface area contributed by atoms with E-state index in [-0.39, 0.29) is 10.5 Å². The van der Waals surface area contributed by atoms with Crippen LogP contribution < -0.4 is 10.4 Å². The molecule has 0 atom stereocenters. The lowest BCUT2D eigenvalue weighted by molar-refractivity contribution is -0.385. The quantitative estimate of drug-likeness (QED) is 0.555. The van der Waals surface area contributed by atoms with Gasteiger partial charge < -0.3 is 0 Å². The number of halogens is 3. The van der Waals surface area contributed by atoms with Crippen LogP contribution in [0.25, 0.3) is 0 Å². The lowest BCUT2D eigenvalue weighted by atomic mass is 10.2. The van der Waals surface area contributed by atoms with Crippen molar-refractivity contribution in [1.29, 1.82) is 0 Å². The molecule has 27 heavy (non-hydrogen) atoms. The molecule has 2 rings (SSSR count). The summed E-state index contributed by atoms with van der Waals surface area (Å²) in [4.78, 5) is 21.4. The van der Waals surface area contributed by atoms with Gasteiger partial charge in [0.05, 0.1) is 16.4 Å². The van der Waals surface area contributed by atoms with E-state index >= 15 is 0 Å². The largest absolute Gasteiger partial charge is 0.451 e. The molecular formula is C13H14F3N5O5S. The number of nitrogens with one attached hydrogen (secondary N) is 1. The molecule has 0 aliphatic rings. The Balaban J connectivity index is 2.19. The fourth-order valence-corrected chi connectivity index (χ4v) is 3.52. The summed E-state index contributed by atoms with van der Waals surface area (Å²) in [5.74, 6) is -1.41. The molecule has 1 N–H and O–H groups in total. The third-order valence-corrected chi connectivity index (χ3v) is 5.19. The van der Waals surface area contributed by atoms with Crippen molar-refractivity contribution in [1.82, 2.24) is 19.1 Å². The Labute approximate surface area is 150 Å². The molecule has 148 valence electrons. The number of sulfonamides is 1. The Bertz CT molecular complexity index is 1040. The number of nitro benzene ring substituents is 1. The van der Waals surface area contributed by atoms with E-state index < -0.39 is 51.4 Å².